The van der Waals surface area contributed by atoms with Gasteiger partial charge in [-0.15, -0.1) is 0 Å². The molecule has 2 nitrogen and oxygen atoms in total. The zero-order chi connectivity index (χ0) is 7.28. The van der Waals surface area contributed by atoms with Crippen LogP contribution in [0.3, 0.4) is 0 Å². The summed E-state index contributed by atoms with van der Waals surface area (Å²) in [4.78, 5) is 0. The summed E-state index contributed by atoms with van der Waals surface area (Å²) in [6.07, 6.45) is 0. The lowest BCUT2D eigenvalue weighted by Gasteiger charge is -2.14. The zero-order valence-corrected chi connectivity index (χ0v) is 6.55. The molecule has 0 unspecified atom stereocenters. The highest BCUT2D eigenvalue weighted by atomic mass is 16.5. The fourth-order valence-corrected chi connectivity index (χ4v) is 0.446. The number of ether oxygens (including phenoxy) is 1. The number of nitrogens with two attached hydrogens (primary N) is 1. The van der Waals surface area contributed by atoms with Crippen LogP contribution in [-0.4, -0.2) is 19.3 Å². The van der Waals surface area contributed by atoms with Crippen LogP contribution in [0.25, 0.3) is 0 Å². The molecule has 9 heavy (non-hydrogen) atoms. The largest absolute Gasteiger partial charge is 0.380 e. The average molecular weight is 131 g/mol. The Kier molecular flexibility index (Phi) is 4.72. The molecule has 0 aliphatic heterocycles. The normalized spacial score (nSPS) is 14.3. The number of rotatable bonds is 4. The van der Waals surface area contributed by atoms with Gasteiger partial charge in [-0.2, -0.15) is 0 Å². The standard InChI is InChI=1S/C7H17NO/c1-4-9-5-7(8)6(2)3/h6-7H,4-5,8H2,1-3H3/t7-/m0/s1. The monoisotopic (exact) mass is 131 g/mol. The van der Waals surface area contributed by atoms with E-state index in [1.54, 1.807) is 0 Å². The first-order valence-electron chi connectivity index (χ1n) is 3.51. The van der Waals surface area contributed by atoms with Crippen LogP contribution in [-0.2, 0) is 4.74 Å². The second-order valence-corrected chi connectivity index (χ2v) is 2.57. The molecule has 0 aliphatic rings. The third-order valence-corrected chi connectivity index (χ3v) is 1.37. The van der Waals surface area contributed by atoms with Crippen molar-refractivity contribution in [2.75, 3.05) is 13.2 Å². The minimum atomic E-state index is 0.199. The molecule has 0 bridgehead atoms. The van der Waals surface area contributed by atoms with E-state index in [9.17, 15) is 0 Å². The molecule has 0 heterocycles. The van der Waals surface area contributed by atoms with E-state index in [1.165, 1.54) is 0 Å². The maximum absolute atomic E-state index is 5.68. The molecule has 0 fully saturated rings. The third-order valence-electron chi connectivity index (χ3n) is 1.37. The van der Waals surface area contributed by atoms with E-state index >= 15 is 0 Å². The van der Waals surface area contributed by atoms with Crippen LogP contribution in [0, 0.1) is 5.92 Å². The predicted octanol–water partition coefficient (Wildman–Crippen LogP) is 1.01. The molecule has 2 N–H and O–H groups in total. The molecule has 0 aromatic carbocycles. The van der Waals surface area contributed by atoms with Gasteiger partial charge in [0.05, 0.1) is 6.61 Å². The minimum Gasteiger partial charge on any atom is -0.380 e. The van der Waals surface area contributed by atoms with Gasteiger partial charge >= 0.3 is 0 Å². The van der Waals surface area contributed by atoms with Crippen molar-refractivity contribution in [1.82, 2.24) is 0 Å². The molecular weight excluding hydrogens is 114 g/mol. The summed E-state index contributed by atoms with van der Waals surface area (Å²) in [5.41, 5.74) is 5.68. The molecule has 0 saturated heterocycles. The van der Waals surface area contributed by atoms with Crippen molar-refractivity contribution in [2.45, 2.75) is 26.8 Å². The summed E-state index contributed by atoms with van der Waals surface area (Å²) in [6, 6.07) is 0.199. The first-order chi connectivity index (χ1) is 4.18. The van der Waals surface area contributed by atoms with Gasteiger partial charge in [0.25, 0.3) is 0 Å². The van der Waals surface area contributed by atoms with E-state index in [0.29, 0.717) is 12.5 Å². The maximum atomic E-state index is 5.68. The molecule has 1 atom stereocenters. The second-order valence-electron chi connectivity index (χ2n) is 2.57. The van der Waals surface area contributed by atoms with Crippen LogP contribution in [0.1, 0.15) is 20.8 Å². The quantitative estimate of drug-likeness (QED) is 0.618. The molecule has 0 aromatic heterocycles. The topological polar surface area (TPSA) is 35.2 Å². The molecule has 0 radical (unpaired) electrons. The lowest BCUT2D eigenvalue weighted by Crippen LogP contribution is -2.31. The summed E-state index contributed by atoms with van der Waals surface area (Å²) in [6.45, 7) is 7.63. The lowest BCUT2D eigenvalue weighted by molar-refractivity contribution is 0.121. The van der Waals surface area contributed by atoms with Crippen molar-refractivity contribution in [3.8, 4) is 0 Å². The van der Waals surface area contributed by atoms with E-state index in [2.05, 4.69) is 13.8 Å². The Hall–Kier alpha value is -0.0800. The van der Waals surface area contributed by atoms with Crippen LogP contribution >= 0.6 is 0 Å². The van der Waals surface area contributed by atoms with Crippen LogP contribution < -0.4 is 5.73 Å². The number of hydrogen-bond donors (Lipinski definition) is 1. The molecule has 0 rings (SSSR count). The predicted molar refractivity (Wildman–Crippen MR) is 39.3 cm³/mol. The SMILES string of the molecule is CCOC[C@H](N)C(C)C. The van der Waals surface area contributed by atoms with Gasteiger partial charge in [0.15, 0.2) is 0 Å². The third kappa shape index (κ3) is 4.43. The zero-order valence-electron chi connectivity index (χ0n) is 6.55. The Bertz CT molecular complexity index is 63.9. The van der Waals surface area contributed by atoms with Gasteiger partial charge in [-0.1, -0.05) is 13.8 Å². The van der Waals surface area contributed by atoms with E-state index < -0.39 is 0 Å². The second kappa shape index (κ2) is 4.77. The van der Waals surface area contributed by atoms with Crippen molar-refractivity contribution in [1.29, 1.82) is 0 Å². The van der Waals surface area contributed by atoms with Gasteiger partial charge in [-0.05, 0) is 12.8 Å². The minimum absolute atomic E-state index is 0.199. The van der Waals surface area contributed by atoms with Crippen molar-refractivity contribution >= 4 is 0 Å². The summed E-state index contributed by atoms with van der Waals surface area (Å²) in [5, 5.41) is 0. The maximum Gasteiger partial charge on any atom is 0.0619 e. The Morgan fingerprint density at radius 2 is 2.00 bits per heavy atom. The van der Waals surface area contributed by atoms with Crippen molar-refractivity contribution in [2.24, 2.45) is 11.7 Å². The molecule has 0 amide bonds. The van der Waals surface area contributed by atoms with Crippen molar-refractivity contribution < 1.29 is 4.74 Å². The fraction of sp³-hybridized carbons (Fsp3) is 1.00. The summed E-state index contributed by atoms with van der Waals surface area (Å²) < 4.78 is 5.13. The van der Waals surface area contributed by atoms with E-state index in [-0.39, 0.29) is 6.04 Å². The molecular formula is C7H17NO. The highest BCUT2D eigenvalue weighted by Gasteiger charge is 2.05. The van der Waals surface area contributed by atoms with Gasteiger partial charge in [-0.3, -0.25) is 0 Å². The van der Waals surface area contributed by atoms with Crippen LogP contribution in [0.2, 0.25) is 0 Å². The molecule has 0 spiro atoms. The summed E-state index contributed by atoms with van der Waals surface area (Å²) in [5.74, 6) is 0.525. The lowest BCUT2D eigenvalue weighted by atomic mass is 10.1. The van der Waals surface area contributed by atoms with E-state index in [0.717, 1.165) is 6.61 Å². The van der Waals surface area contributed by atoms with Crippen LogP contribution in [0.15, 0.2) is 0 Å². The Morgan fingerprint density at radius 1 is 1.44 bits per heavy atom. The average Bonchev–Trinajstić information content (AvgIpc) is 1.82. The van der Waals surface area contributed by atoms with E-state index in [1.807, 2.05) is 6.92 Å². The van der Waals surface area contributed by atoms with Gasteiger partial charge in [0.1, 0.15) is 0 Å². The first-order valence-corrected chi connectivity index (χ1v) is 3.51. The smallest absolute Gasteiger partial charge is 0.0619 e. The number of hydrogen-bond acceptors (Lipinski definition) is 2. The molecule has 0 saturated carbocycles. The van der Waals surface area contributed by atoms with Gasteiger partial charge in [0, 0.05) is 12.6 Å². The Morgan fingerprint density at radius 3 is 2.33 bits per heavy atom. The van der Waals surface area contributed by atoms with Crippen molar-refractivity contribution in [3.05, 3.63) is 0 Å². The molecule has 56 valence electrons. The first kappa shape index (κ1) is 8.92. The van der Waals surface area contributed by atoms with Crippen molar-refractivity contribution in [3.63, 3.8) is 0 Å². The van der Waals surface area contributed by atoms with E-state index in [4.69, 9.17) is 10.5 Å². The Labute approximate surface area is 57.4 Å². The highest BCUT2D eigenvalue weighted by molar-refractivity contribution is 4.62. The molecule has 2 heteroatoms. The van der Waals surface area contributed by atoms with Gasteiger partial charge < -0.3 is 10.5 Å². The van der Waals surface area contributed by atoms with Crippen LogP contribution in [0.4, 0.5) is 0 Å². The molecule has 0 aliphatic carbocycles. The van der Waals surface area contributed by atoms with Gasteiger partial charge in [-0.25, -0.2) is 0 Å². The molecule has 0 aromatic rings. The highest BCUT2D eigenvalue weighted by Crippen LogP contribution is 1.97. The fourth-order valence-electron chi connectivity index (χ4n) is 0.446. The summed E-state index contributed by atoms with van der Waals surface area (Å²) >= 11 is 0. The summed E-state index contributed by atoms with van der Waals surface area (Å²) in [7, 11) is 0. The van der Waals surface area contributed by atoms with Gasteiger partial charge in [0.2, 0.25) is 0 Å². The Balaban J connectivity index is 3.16. The van der Waals surface area contributed by atoms with Crippen LogP contribution in [0.5, 0.6) is 0 Å².